The summed E-state index contributed by atoms with van der Waals surface area (Å²) in [4.78, 5) is 13.1. The van der Waals surface area contributed by atoms with E-state index in [4.69, 9.17) is 5.73 Å². The van der Waals surface area contributed by atoms with E-state index < -0.39 is 0 Å². The van der Waals surface area contributed by atoms with Gasteiger partial charge in [0, 0.05) is 19.8 Å². The molecule has 1 heterocycles. The van der Waals surface area contributed by atoms with E-state index in [1.165, 1.54) is 10.9 Å². The molecule has 0 atom stereocenters. The summed E-state index contributed by atoms with van der Waals surface area (Å²) in [7, 11) is 1.72. The summed E-state index contributed by atoms with van der Waals surface area (Å²) in [6.45, 7) is 4.31. The summed E-state index contributed by atoms with van der Waals surface area (Å²) in [5.41, 5.74) is 6.02. The maximum Gasteiger partial charge on any atom is 0.244 e. The lowest BCUT2D eigenvalue weighted by Gasteiger charge is -2.14. The monoisotopic (exact) mass is 194 g/mol. The molecular formula is C9H14N4O. The summed E-state index contributed by atoms with van der Waals surface area (Å²) in [6, 6.07) is 0. The normalized spacial score (nSPS) is 9.79. The average molecular weight is 194 g/mol. The van der Waals surface area contributed by atoms with Crippen LogP contribution in [0.15, 0.2) is 25.0 Å². The number of nitrogens with two attached hydrogens (primary N) is 1. The van der Waals surface area contributed by atoms with Crippen molar-refractivity contribution in [3.63, 3.8) is 0 Å². The molecule has 14 heavy (non-hydrogen) atoms. The van der Waals surface area contributed by atoms with E-state index in [1.807, 2.05) is 0 Å². The number of rotatable bonds is 4. The fourth-order valence-electron chi connectivity index (χ4n) is 1.02. The Labute approximate surface area is 82.8 Å². The Kier molecular flexibility index (Phi) is 3.28. The molecule has 0 aliphatic carbocycles. The highest BCUT2D eigenvalue weighted by Gasteiger charge is 2.07. The quantitative estimate of drug-likeness (QED) is 0.692. The molecule has 1 aromatic heterocycles. The first-order valence-corrected chi connectivity index (χ1v) is 4.26. The number of aromatic nitrogens is 2. The first-order chi connectivity index (χ1) is 6.63. The van der Waals surface area contributed by atoms with Crippen molar-refractivity contribution in [2.45, 2.75) is 6.54 Å². The number of likely N-dealkylation sites (N-methyl/N-ethyl adjacent to an activating group) is 1. The highest BCUT2D eigenvalue weighted by Crippen LogP contribution is 1.98. The largest absolute Gasteiger partial charge is 0.396 e. The second-order valence-electron chi connectivity index (χ2n) is 3.03. The number of carbonyl (C=O) groups excluding carboxylic acids is 1. The SMILES string of the molecule is C=CCN(C)C(=O)Cn1cc(N)cn1. The van der Waals surface area contributed by atoms with Crippen LogP contribution in [0.5, 0.6) is 0 Å². The molecule has 76 valence electrons. The summed E-state index contributed by atoms with van der Waals surface area (Å²) in [5.74, 6) is -0.0204. The molecule has 0 fully saturated rings. The first kappa shape index (κ1) is 10.3. The van der Waals surface area contributed by atoms with Crippen LogP contribution in [0.1, 0.15) is 0 Å². The van der Waals surface area contributed by atoms with E-state index in [9.17, 15) is 4.79 Å². The molecule has 1 aromatic rings. The molecular weight excluding hydrogens is 180 g/mol. The molecule has 0 spiro atoms. The highest BCUT2D eigenvalue weighted by molar-refractivity contribution is 5.75. The molecule has 0 aliphatic heterocycles. The molecule has 1 amide bonds. The molecule has 0 radical (unpaired) electrons. The van der Waals surface area contributed by atoms with Gasteiger partial charge in [0.1, 0.15) is 6.54 Å². The zero-order valence-electron chi connectivity index (χ0n) is 8.18. The van der Waals surface area contributed by atoms with Crippen molar-refractivity contribution in [3.05, 3.63) is 25.0 Å². The van der Waals surface area contributed by atoms with Crippen molar-refractivity contribution in [3.8, 4) is 0 Å². The van der Waals surface area contributed by atoms with Gasteiger partial charge in [-0.1, -0.05) is 6.08 Å². The molecule has 0 aliphatic rings. The third-order valence-corrected chi connectivity index (χ3v) is 1.78. The molecule has 0 aromatic carbocycles. The summed E-state index contributed by atoms with van der Waals surface area (Å²) >= 11 is 0. The number of anilines is 1. The molecule has 5 nitrogen and oxygen atoms in total. The fourth-order valence-corrected chi connectivity index (χ4v) is 1.02. The van der Waals surface area contributed by atoms with E-state index in [-0.39, 0.29) is 12.5 Å². The lowest BCUT2D eigenvalue weighted by atomic mass is 10.5. The topological polar surface area (TPSA) is 64.2 Å². The van der Waals surface area contributed by atoms with Crippen molar-refractivity contribution in [1.82, 2.24) is 14.7 Å². The first-order valence-electron chi connectivity index (χ1n) is 4.26. The summed E-state index contributed by atoms with van der Waals surface area (Å²) in [5, 5.41) is 3.92. The van der Waals surface area contributed by atoms with Crippen LogP contribution in [-0.2, 0) is 11.3 Å². The molecule has 0 unspecified atom stereocenters. The van der Waals surface area contributed by atoms with Crippen LogP contribution in [-0.4, -0.2) is 34.2 Å². The van der Waals surface area contributed by atoms with Gasteiger partial charge in [-0.2, -0.15) is 5.10 Å². The van der Waals surface area contributed by atoms with Crippen molar-refractivity contribution in [2.75, 3.05) is 19.3 Å². The number of amides is 1. The Balaban J connectivity index is 2.52. The van der Waals surface area contributed by atoms with E-state index in [2.05, 4.69) is 11.7 Å². The zero-order chi connectivity index (χ0) is 10.6. The fraction of sp³-hybridized carbons (Fsp3) is 0.333. The minimum absolute atomic E-state index is 0.0204. The van der Waals surface area contributed by atoms with Gasteiger partial charge < -0.3 is 10.6 Å². The van der Waals surface area contributed by atoms with Crippen molar-refractivity contribution >= 4 is 11.6 Å². The molecule has 0 saturated carbocycles. The predicted molar refractivity (Wildman–Crippen MR) is 54.5 cm³/mol. The number of nitrogens with zero attached hydrogens (tertiary/aromatic N) is 3. The second-order valence-corrected chi connectivity index (χ2v) is 3.03. The number of hydrogen-bond acceptors (Lipinski definition) is 3. The Morgan fingerprint density at radius 2 is 2.57 bits per heavy atom. The Hall–Kier alpha value is -1.78. The van der Waals surface area contributed by atoms with Crippen molar-refractivity contribution in [1.29, 1.82) is 0 Å². The average Bonchev–Trinajstić information content (AvgIpc) is 2.51. The van der Waals surface area contributed by atoms with Crippen LogP contribution in [0.25, 0.3) is 0 Å². The van der Waals surface area contributed by atoms with Gasteiger partial charge in [-0.25, -0.2) is 0 Å². The maximum absolute atomic E-state index is 11.5. The Bertz CT molecular complexity index is 331. The van der Waals surface area contributed by atoms with E-state index in [1.54, 1.807) is 24.2 Å². The maximum atomic E-state index is 11.5. The summed E-state index contributed by atoms with van der Waals surface area (Å²) in [6.07, 6.45) is 4.82. The van der Waals surface area contributed by atoms with Gasteiger partial charge in [0.15, 0.2) is 0 Å². The Morgan fingerprint density at radius 3 is 3.07 bits per heavy atom. The van der Waals surface area contributed by atoms with Gasteiger partial charge in [-0.15, -0.1) is 6.58 Å². The lowest BCUT2D eigenvalue weighted by molar-refractivity contribution is -0.130. The molecule has 1 rings (SSSR count). The van der Waals surface area contributed by atoms with Crippen LogP contribution in [0.4, 0.5) is 5.69 Å². The smallest absolute Gasteiger partial charge is 0.244 e. The second kappa shape index (κ2) is 4.45. The molecule has 0 bridgehead atoms. The number of hydrogen-bond donors (Lipinski definition) is 1. The minimum Gasteiger partial charge on any atom is -0.396 e. The van der Waals surface area contributed by atoms with Crippen LogP contribution in [0.3, 0.4) is 0 Å². The van der Waals surface area contributed by atoms with Gasteiger partial charge >= 0.3 is 0 Å². The van der Waals surface area contributed by atoms with E-state index >= 15 is 0 Å². The summed E-state index contributed by atoms with van der Waals surface area (Å²) < 4.78 is 1.51. The molecule has 5 heteroatoms. The third-order valence-electron chi connectivity index (χ3n) is 1.78. The zero-order valence-corrected chi connectivity index (χ0v) is 8.18. The Morgan fingerprint density at radius 1 is 1.86 bits per heavy atom. The lowest BCUT2D eigenvalue weighted by Crippen LogP contribution is -2.30. The molecule has 0 saturated heterocycles. The standard InChI is InChI=1S/C9H14N4O/c1-3-4-12(2)9(14)7-13-6-8(10)5-11-13/h3,5-6H,1,4,7,10H2,2H3. The van der Waals surface area contributed by atoms with Crippen LogP contribution < -0.4 is 5.73 Å². The van der Waals surface area contributed by atoms with Gasteiger partial charge in [-0.3, -0.25) is 9.48 Å². The highest BCUT2D eigenvalue weighted by atomic mass is 16.2. The van der Waals surface area contributed by atoms with Crippen LogP contribution in [0, 0.1) is 0 Å². The van der Waals surface area contributed by atoms with Crippen molar-refractivity contribution in [2.24, 2.45) is 0 Å². The third kappa shape index (κ3) is 2.62. The predicted octanol–water partition coefficient (Wildman–Crippen LogP) is 0.110. The van der Waals surface area contributed by atoms with Crippen LogP contribution >= 0.6 is 0 Å². The van der Waals surface area contributed by atoms with E-state index in [0.29, 0.717) is 12.2 Å². The number of carbonyl (C=O) groups is 1. The van der Waals surface area contributed by atoms with Crippen molar-refractivity contribution < 1.29 is 4.79 Å². The van der Waals surface area contributed by atoms with Gasteiger partial charge in [0.05, 0.1) is 11.9 Å². The minimum atomic E-state index is -0.0204. The van der Waals surface area contributed by atoms with Crippen LogP contribution in [0.2, 0.25) is 0 Å². The van der Waals surface area contributed by atoms with Gasteiger partial charge in [-0.05, 0) is 0 Å². The molecule has 2 N–H and O–H groups in total. The van der Waals surface area contributed by atoms with Gasteiger partial charge in [0.25, 0.3) is 0 Å². The number of nitrogen functional groups attached to an aromatic ring is 1. The van der Waals surface area contributed by atoms with E-state index in [0.717, 1.165) is 0 Å². The van der Waals surface area contributed by atoms with Gasteiger partial charge in [0.2, 0.25) is 5.91 Å².